The highest BCUT2D eigenvalue weighted by Gasteiger charge is 2.26. The van der Waals surface area contributed by atoms with Gasteiger partial charge in [-0.2, -0.15) is 0 Å². The van der Waals surface area contributed by atoms with Gasteiger partial charge in [0.1, 0.15) is 11.5 Å². The Balaban J connectivity index is 1.40. The zero-order chi connectivity index (χ0) is 23.4. The van der Waals surface area contributed by atoms with Crippen LogP contribution in [0.15, 0.2) is 48.7 Å². The Kier molecular flexibility index (Phi) is 6.99. The summed E-state index contributed by atoms with van der Waals surface area (Å²) in [5.41, 5.74) is 4.93. The van der Waals surface area contributed by atoms with Gasteiger partial charge in [-0.05, 0) is 50.2 Å². The molecular formula is C26H32N4O3. The fourth-order valence-corrected chi connectivity index (χ4v) is 4.44. The molecular weight excluding hydrogens is 416 g/mol. The van der Waals surface area contributed by atoms with Gasteiger partial charge in [-0.15, -0.1) is 0 Å². The Labute approximate surface area is 195 Å². The third-order valence-corrected chi connectivity index (χ3v) is 6.39. The summed E-state index contributed by atoms with van der Waals surface area (Å²) in [5, 5.41) is 0. The summed E-state index contributed by atoms with van der Waals surface area (Å²) in [6.07, 6.45) is 1.80. The van der Waals surface area contributed by atoms with E-state index in [1.165, 1.54) is 0 Å². The standard InChI is InChI=1S/C26H32N4O3/c1-19-15-24(20(2)30(19)18-22-7-5-6-10-27-22)26(31)29-13-11-28(12-14-29)17-21-16-23(32-3)8-9-25(21)33-4/h5-10,15-16H,11-14,17-18H2,1-4H3. The fourth-order valence-electron chi connectivity index (χ4n) is 4.44. The SMILES string of the molecule is COc1ccc(OC)c(CN2CCN(C(=O)c3cc(C)n(Cc4ccccn4)c3C)CC2)c1. The minimum atomic E-state index is 0.106. The van der Waals surface area contributed by atoms with Gasteiger partial charge >= 0.3 is 0 Å². The quantitative estimate of drug-likeness (QED) is 0.554. The van der Waals surface area contributed by atoms with Gasteiger partial charge < -0.3 is 18.9 Å². The van der Waals surface area contributed by atoms with E-state index >= 15 is 0 Å². The Morgan fingerprint density at radius 2 is 1.76 bits per heavy atom. The lowest BCUT2D eigenvalue weighted by Gasteiger charge is -2.35. The molecule has 1 aromatic carbocycles. The summed E-state index contributed by atoms with van der Waals surface area (Å²) < 4.78 is 13.1. The minimum Gasteiger partial charge on any atom is -0.497 e. The Hall–Kier alpha value is -3.32. The van der Waals surface area contributed by atoms with Crippen molar-refractivity contribution in [1.29, 1.82) is 0 Å². The molecule has 2 aromatic heterocycles. The van der Waals surface area contributed by atoms with Crippen molar-refractivity contribution in [3.05, 3.63) is 76.9 Å². The van der Waals surface area contributed by atoms with Crippen LogP contribution in [0.3, 0.4) is 0 Å². The molecule has 0 saturated carbocycles. The molecule has 1 fully saturated rings. The van der Waals surface area contributed by atoms with Crippen LogP contribution in [0.5, 0.6) is 11.5 Å². The first-order chi connectivity index (χ1) is 16.0. The number of hydrogen-bond acceptors (Lipinski definition) is 5. The second-order valence-corrected chi connectivity index (χ2v) is 8.44. The van der Waals surface area contributed by atoms with E-state index in [0.29, 0.717) is 19.6 Å². The van der Waals surface area contributed by atoms with Crippen molar-refractivity contribution >= 4 is 5.91 Å². The molecule has 7 nitrogen and oxygen atoms in total. The molecule has 0 bridgehead atoms. The maximum atomic E-state index is 13.3. The van der Waals surface area contributed by atoms with Gasteiger partial charge in [-0.1, -0.05) is 6.07 Å². The maximum absolute atomic E-state index is 13.3. The Morgan fingerprint density at radius 1 is 0.970 bits per heavy atom. The van der Waals surface area contributed by atoms with Crippen LogP contribution in [0.4, 0.5) is 0 Å². The average molecular weight is 449 g/mol. The Morgan fingerprint density at radius 3 is 2.42 bits per heavy atom. The van der Waals surface area contributed by atoms with E-state index in [1.807, 2.05) is 61.2 Å². The van der Waals surface area contributed by atoms with Crippen molar-refractivity contribution in [3.63, 3.8) is 0 Å². The number of aromatic nitrogens is 2. The first-order valence-electron chi connectivity index (χ1n) is 11.3. The number of amides is 1. The molecule has 0 radical (unpaired) electrons. The molecule has 0 atom stereocenters. The summed E-state index contributed by atoms with van der Waals surface area (Å²) in [7, 11) is 3.36. The number of carbonyl (C=O) groups is 1. The van der Waals surface area contributed by atoms with Crippen LogP contribution >= 0.6 is 0 Å². The predicted molar refractivity (Wildman–Crippen MR) is 128 cm³/mol. The summed E-state index contributed by atoms with van der Waals surface area (Å²) >= 11 is 0. The van der Waals surface area contributed by atoms with Gasteiger partial charge in [0.15, 0.2) is 0 Å². The smallest absolute Gasteiger partial charge is 0.255 e. The molecule has 0 N–H and O–H groups in total. The van der Waals surface area contributed by atoms with E-state index in [9.17, 15) is 4.79 Å². The van der Waals surface area contributed by atoms with Gasteiger partial charge in [-0.25, -0.2) is 0 Å². The topological polar surface area (TPSA) is 59.8 Å². The zero-order valence-corrected chi connectivity index (χ0v) is 19.9. The number of aryl methyl sites for hydroxylation is 1. The van der Waals surface area contributed by atoms with Crippen LogP contribution in [-0.2, 0) is 13.1 Å². The summed E-state index contributed by atoms with van der Waals surface area (Å²) in [4.78, 5) is 22.1. The summed E-state index contributed by atoms with van der Waals surface area (Å²) in [6, 6.07) is 13.8. The van der Waals surface area contributed by atoms with Crippen LogP contribution < -0.4 is 9.47 Å². The van der Waals surface area contributed by atoms with E-state index in [1.54, 1.807) is 20.4 Å². The van der Waals surface area contributed by atoms with E-state index in [-0.39, 0.29) is 5.91 Å². The highest BCUT2D eigenvalue weighted by atomic mass is 16.5. The molecule has 33 heavy (non-hydrogen) atoms. The lowest BCUT2D eigenvalue weighted by atomic mass is 10.1. The van der Waals surface area contributed by atoms with Crippen molar-refractivity contribution in [2.24, 2.45) is 0 Å². The second kappa shape index (κ2) is 10.1. The molecule has 0 aliphatic carbocycles. The Bertz CT molecular complexity index is 1100. The van der Waals surface area contributed by atoms with Crippen LogP contribution in [-0.4, -0.2) is 65.7 Å². The number of ether oxygens (including phenoxy) is 2. The highest BCUT2D eigenvalue weighted by molar-refractivity contribution is 5.95. The van der Waals surface area contributed by atoms with Gasteiger partial charge in [-0.3, -0.25) is 14.7 Å². The number of hydrogen-bond donors (Lipinski definition) is 0. The third kappa shape index (κ3) is 5.03. The van der Waals surface area contributed by atoms with Crippen LogP contribution in [0.2, 0.25) is 0 Å². The molecule has 1 aliphatic rings. The van der Waals surface area contributed by atoms with Crippen molar-refractivity contribution in [1.82, 2.24) is 19.4 Å². The van der Waals surface area contributed by atoms with E-state index in [0.717, 1.165) is 59.3 Å². The van der Waals surface area contributed by atoms with E-state index < -0.39 is 0 Å². The first kappa shape index (κ1) is 22.9. The highest BCUT2D eigenvalue weighted by Crippen LogP contribution is 2.26. The molecule has 1 saturated heterocycles. The number of piperazine rings is 1. The van der Waals surface area contributed by atoms with Crippen LogP contribution in [0.25, 0.3) is 0 Å². The monoisotopic (exact) mass is 448 g/mol. The third-order valence-electron chi connectivity index (χ3n) is 6.39. The molecule has 174 valence electrons. The zero-order valence-electron chi connectivity index (χ0n) is 19.9. The maximum Gasteiger partial charge on any atom is 0.255 e. The fraction of sp³-hybridized carbons (Fsp3) is 0.385. The number of carbonyl (C=O) groups excluding carboxylic acids is 1. The largest absolute Gasteiger partial charge is 0.497 e. The number of methoxy groups -OCH3 is 2. The molecule has 7 heteroatoms. The van der Waals surface area contributed by atoms with Crippen molar-refractivity contribution in [3.8, 4) is 11.5 Å². The molecule has 3 heterocycles. The minimum absolute atomic E-state index is 0.106. The van der Waals surface area contributed by atoms with Crippen LogP contribution in [0, 0.1) is 13.8 Å². The lowest BCUT2D eigenvalue weighted by Crippen LogP contribution is -2.48. The van der Waals surface area contributed by atoms with Crippen molar-refractivity contribution < 1.29 is 14.3 Å². The molecule has 4 rings (SSSR count). The number of pyridine rings is 1. The van der Waals surface area contributed by atoms with Gasteiger partial charge in [0.2, 0.25) is 0 Å². The molecule has 0 unspecified atom stereocenters. The van der Waals surface area contributed by atoms with Gasteiger partial charge in [0.05, 0.1) is 32.0 Å². The molecule has 1 aliphatic heterocycles. The summed E-state index contributed by atoms with van der Waals surface area (Å²) in [6.45, 7) is 8.55. The van der Waals surface area contributed by atoms with Crippen molar-refractivity contribution in [2.45, 2.75) is 26.9 Å². The lowest BCUT2D eigenvalue weighted by molar-refractivity contribution is 0.0626. The number of benzene rings is 1. The summed E-state index contributed by atoms with van der Waals surface area (Å²) in [5.74, 6) is 1.78. The van der Waals surface area contributed by atoms with Gasteiger partial charge in [0.25, 0.3) is 5.91 Å². The molecule has 0 spiro atoms. The predicted octanol–water partition coefficient (Wildman–Crippen LogP) is 3.52. The normalized spacial score (nSPS) is 14.4. The average Bonchev–Trinajstić information content (AvgIpc) is 3.13. The van der Waals surface area contributed by atoms with Gasteiger partial charge in [0, 0.05) is 55.9 Å². The van der Waals surface area contributed by atoms with E-state index in [2.05, 4.69) is 14.5 Å². The van der Waals surface area contributed by atoms with Crippen molar-refractivity contribution in [2.75, 3.05) is 40.4 Å². The molecule has 3 aromatic rings. The van der Waals surface area contributed by atoms with E-state index in [4.69, 9.17) is 9.47 Å². The molecule has 1 amide bonds. The first-order valence-corrected chi connectivity index (χ1v) is 11.3. The van der Waals surface area contributed by atoms with Crippen LogP contribution in [0.1, 0.15) is 33.0 Å². The second-order valence-electron chi connectivity index (χ2n) is 8.44. The number of nitrogens with zero attached hydrogens (tertiary/aromatic N) is 4. The number of rotatable bonds is 7.